The lowest BCUT2D eigenvalue weighted by Crippen LogP contribution is -2.00. The van der Waals surface area contributed by atoms with Crippen LogP contribution in [0.3, 0.4) is 0 Å². The second-order valence-electron chi connectivity index (χ2n) is 4.06. The number of hydrogen-bond donors (Lipinski definition) is 2. The van der Waals surface area contributed by atoms with E-state index < -0.39 is 0 Å². The monoisotopic (exact) mass is 263 g/mol. The van der Waals surface area contributed by atoms with Crippen LogP contribution in [-0.2, 0) is 6.61 Å². The first-order valence-electron chi connectivity index (χ1n) is 5.53. The highest BCUT2D eigenvalue weighted by molar-refractivity contribution is 6.32. The zero-order valence-electron chi connectivity index (χ0n) is 9.98. The summed E-state index contributed by atoms with van der Waals surface area (Å²) in [6.45, 7) is 2.22. The van der Waals surface area contributed by atoms with Crippen molar-refractivity contribution in [1.29, 1.82) is 0 Å². The zero-order chi connectivity index (χ0) is 13.1. The van der Waals surface area contributed by atoms with Crippen molar-refractivity contribution in [3.8, 4) is 11.5 Å². The van der Waals surface area contributed by atoms with Crippen LogP contribution >= 0.6 is 11.6 Å². The minimum absolute atomic E-state index is 0.0562. The molecule has 0 aromatic heterocycles. The number of aromatic hydroxyl groups is 1. The second-order valence-corrected chi connectivity index (χ2v) is 4.46. The van der Waals surface area contributed by atoms with Crippen LogP contribution in [0.5, 0.6) is 11.5 Å². The molecular formula is C14H14ClNO2. The molecule has 0 heterocycles. The summed E-state index contributed by atoms with van der Waals surface area (Å²) >= 11 is 5.84. The van der Waals surface area contributed by atoms with E-state index in [9.17, 15) is 5.11 Å². The number of halogens is 1. The van der Waals surface area contributed by atoms with Gasteiger partial charge in [-0.25, -0.2) is 0 Å². The molecule has 2 rings (SSSR count). The van der Waals surface area contributed by atoms with Gasteiger partial charge in [0.1, 0.15) is 18.1 Å². The first-order valence-corrected chi connectivity index (χ1v) is 5.91. The van der Waals surface area contributed by atoms with Crippen LogP contribution in [0.4, 0.5) is 5.69 Å². The maximum Gasteiger partial charge on any atom is 0.134 e. The van der Waals surface area contributed by atoms with Crippen molar-refractivity contribution in [3.05, 3.63) is 52.5 Å². The molecule has 0 aliphatic rings. The van der Waals surface area contributed by atoms with E-state index in [-0.39, 0.29) is 10.8 Å². The number of phenols is 1. The van der Waals surface area contributed by atoms with Gasteiger partial charge in [-0.15, -0.1) is 0 Å². The maximum absolute atomic E-state index is 9.45. The highest BCUT2D eigenvalue weighted by Crippen LogP contribution is 2.31. The molecule has 0 saturated heterocycles. The normalized spacial score (nSPS) is 10.3. The van der Waals surface area contributed by atoms with E-state index in [4.69, 9.17) is 22.1 Å². The molecule has 0 aliphatic heterocycles. The third-order valence-corrected chi connectivity index (χ3v) is 2.99. The fraction of sp³-hybridized carbons (Fsp3) is 0.143. The fourth-order valence-corrected chi connectivity index (χ4v) is 1.78. The SMILES string of the molecule is Cc1cc(O)c(Cl)cc1OCc1ccccc1N. The lowest BCUT2D eigenvalue weighted by Gasteiger charge is -2.11. The molecule has 3 N–H and O–H groups in total. The van der Waals surface area contributed by atoms with E-state index in [0.29, 0.717) is 18.0 Å². The molecule has 18 heavy (non-hydrogen) atoms. The Morgan fingerprint density at radius 2 is 2.00 bits per heavy atom. The number of phenolic OH excluding ortho intramolecular Hbond substituents is 1. The second kappa shape index (κ2) is 5.19. The molecule has 0 aliphatic carbocycles. The fourth-order valence-electron chi connectivity index (χ4n) is 1.62. The Kier molecular flexibility index (Phi) is 3.63. The molecule has 0 bridgehead atoms. The van der Waals surface area contributed by atoms with Crippen molar-refractivity contribution >= 4 is 17.3 Å². The van der Waals surface area contributed by atoms with Crippen LogP contribution in [0.1, 0.15) is 11.1 Å². The van der Waals surface area contributed by atoms with Crippen LogP contribution in [-0.4, -0.2) is 5.11 Å². The molecule has 0 fully saturated rings. The van der Waals surface area contributed by atoms with Crippen molar-refractivity contribution in [3.63, 3.8) is 0 Å². The van der Waals surface area contributed by atoms with Gasteiger partial charge in [0.2, 0.25) is 0 Å². The number of benzene rings is 2. The summed E-state index contributed by atoms with van der Waals surface area (Å²) in [7, 11) is 0. The number of nitrogen functional groups attached to an aromatic ring is 1. The molecular weight excluding hydrogens is 250 g/mol. The molecule has 0 amide bonds. The summed E-state index contributed by atoms with van der Waals surface area (Å²) in [5.74, 6) is 0.696. The topological polar surface area (TPSA) is 55.5 Å². The van der Waals surface area contributed by atoms with Gasteiger partial charge in [-0.2, -0.15) is 0 Å². The van der Waals surface area contributed by atoms with E-state index in [1.54, 1.807) is 12.1 Å². The van der Waals surface area contributed by atoms with Gasteiger partial charge >= 0.3 is 0 Å². The minimum Gasteiger partial charge on any atom is -0.506 e. The Labute approximate surface area is 111 Å². The van der Waals surface area contributed by atoms with E-state index in [1.807, 2.05) is 31.2 Å². The number of anilines is 1. The first kappa shape index (κ1) is 12.6. The predicted molar refractivity (Wildman–Crippen MR) is 73.0 cm³/mol. The Balaban J connectivity index is 2.16. The zero-order valence-corrected chi connectivity index (χ0v) is 10.7. The van der Waals surface area contributed by atoms with Crippen LogP contribution < -0.4 is 10.5 Å². The molecule has 0 radical (unpaired) electrons. The molecule has 2 aromatic rings. The summed E-state index contributed by atoms with van der Waals surface area (Å²) in [6, 6.07) is 10.7. The van der Waals surface area contributed by atoms with Gasteiger partial charge in [0.25, 0.3) is 0 Å². The van der Waals surface area contributed by atoms with Gasteiger partial charge in [-0.05, 0) is 24.6 Å². The standard InChI is InChI=1S/C14H14ClNO2/c1-9-6-13(17)11(15)7-14(9)18-8-10-4-2-3-5-12(10)16/h2-7,17H,8,16H2,1H3. The lowest BCUT2D eigenvalue weighted by atomic mass is 10.2. The predicted octanol–water partition coefficient (Wildman–Crippen LogP) is 3.52. The van der Waals surface area contributed by atoms with Crippen LogP contribution in [0.2, 0.25) is 5.02 Å². The van der Waals surface area contributed by atoms with E-state index >= 15 is 0 Å². The van der Waals surface area contributed by atoms with Crippen LogP contribution in [0, 0.1) is 6.92 Å². The Hall–Kier alpha value is -1.87. The number of rotatable bonds is 3. The molecule has 3 nitrogen and oxygen atoms in total. The number of ether oxygens (including phenoxy) is 1. The largest absolute Gasteiger partial charge is 0.506 e. The summed E-state index contributed by atoms with van der Waals surface area (Å²) in [4.78, 5) is 0. The van der Waals surface area contributed by atoms with Crippen LogP contribution in [0.25, 0.3) is 0 Å². The van der Waals surface area contributed by atoms with Crippen molar-refractivity contribution in [2.75, 3.05) is 5.73 Å². The van der Waals surface area contributed by atoms with Gasteiger partial charge in [-0.3, -0.25) is 0 Å². The number of aryl methyl sites for hydroxylation is 1. The first-order chi connectivity index (χ1) is 8.58. The average Bonchev–Trinajstić information content (AvgIpc) is 2.34. The van der Waals surface area contributed by atoms with Gasteiger partial charge in [-0.1, -0.05) is 29.8 Å². The third kappa shape index (κ3) is 2.68. The van der Waals surface area contributed by atoms with Crippen molar-refractivity contribution in [1.82, 2.24) is 0 Å². The van der Waals surface area contributed by atoms with Crippen molar-refractivity contribution in [2.45, 2.75) is 13.5 Å². The van der Waals surface area contributed by atoms with Gasteiger partial charge < -0.3 is 15.6 Å². The number of nitrogens with two attached hydrogens (primary N) is 1. The number of hydrogen-bond acceptors (Lipinski definition) is 3. The van der Waals surface area contributed by atoms with E-state index in [0.717, 1.165) is 11.1 Å². The van der Waals surface area contributed by atoms with Gasteiger partial charge in [0, 0.05) is 17.3 Å². The van der Waals surface area contributed by atoms with Crippen molar-refractivity contribution < 1.29 is 9.84 Å². The highest BCUT2D eigenvalue weighted by Gasteiger charge is 2.07. The lowest BCUT2D eigenvalue weighted by molar-refractivity contribution is 0.304. The molecule has 2 aromatic carbocycles. The molecule has 0 saturated carbocycles. The molecule has 4 heteroatoms. The average molecular weight is 264 g/mol. The Morgan fingerprint density at radius 3 is 2.72 bits per heavy atom. The highest BCUT2D eigenvalue weighted by atomic mass is 35.5. The van der Waals surface area contributed by atoms with E-state index in [1.165, 1.54) is 0 Å². The molecule has 94 valence electrons. The smallest absolute Gasteiger partial charge is 0.134 e. The Bertz CT molecular complexity index is 570. The van der Waals surface area contributed by atoms with Gasteiger partial charge in [0.05, 0.1) is 5.02 Å². The third-order valence-electron chi connectivity index (χ3n) is 2.68. The summed E-state index contributed by atoms with van der Waals surface area (Å²) < 4.78 is 5.66. The molecule has 0 atom stereocenters. The number of para-hydroxylation sites is 1. The van der Waals surface area contributed by atoms with Gasteiger partial charge in [0.15, 0.2) is 0 Å². The summed E-state index contributed by atoms with van der Waals surface area (Å²) in [5, 5.41) is 9.72. The van der Waals surface area contributed by atoms with Crippen molar-refractivity contribution in [2.24, 2.45) is 0 Å². The minimum atomic E-state index is 0.0562. The quantitative estimate of drug-likeness (QED) is 0.833. The molecule has 0 spiro atoms. The molecule has 0 unspecified atom stereocenters. The van der Waals surface area contributed by atoms with Crippen LogP contribution in [0.15, 0.2) is 36.4 Å². The Morgan fingerprint density at radius 1 is 1.28 bits per heavy atom. The van der Waals surface area contributed by atoms with E-state index in [2.05, 4.69) is 0 Å². The maximum atomic E-state index is 9.45. The summed E-state index contributed by atoms with van der Waals surface area (Å²) in [6.07, 6.45) is 0. The summed E-state index contributed by atoms with van der Waals surface area (Å²) in [5.41, 5.74) is 8.27.